The monoisotopic (exact) mass is 546 g/mol. The van der Waals surface area contributed by atoms with E-state index in [1.807, 2.05) is 6.20 Å². The third-order valence-electron chi connectivity index (χ3n) is 8.36. The van der Waals surface area contributed by atoms with Gasteiger partial charge in [0.15, 0.2) is 8.07 Å². The van der Waals surface area contributed by atoms with Crippen LogP contribution in [-0.2, 0) is 6.17 Å². The number of hydrogen-bond acceptors (Lipinski definition) is 1. The molecule has 0 radical (unpaired) electrons. The Kier molecular flexibility index (Phi) is 7.84. The third kappa shape index (κ3) is 5.61. The van der Waals surface area contributed by atoms with Gasteiger partial charge in [-0.2, -0.15) is 0 Å². The van der Waals surface area contributed by atoms with E-state index >= 15 is 0 Å². The molecule has 0 fully saturated rings. The molecule has 1 heterocycles. The summed E-state index contributed by atoms with van der Waals surface area (Å²) in [6.07, 6.45) is 5.06. The van der Waals surface area contributed by atoms with E-state index in [4.69, 9.17) is 4.98 Å². The highest BCUT2D eigenvalue weighted by atomic mass is 28.3. The third-order valence-corrected chi connectivity index (χ3v) is 13.1. The van der Waals surface area contributed by atoms with Crippen LogP contribution in [0, 0.1) is 13.8 Å². The van der Waals surface area contributed by atoms with E-state index in [-0.39, 0.29) is 5.82 Å². The predicted molar refractivity (Wildman–Crippen MR) is 177 cm³/mol. The summed E-state index contributed by atoms with van der Waals surface area (Å²) in [6.45, 7) is 4.34. The second-order valence-corrected chi connectivity index (χ2v) is 14.9. The number of hydrogen-bond donors (Lipinski definition) is 0. The number of rotatable bonds is 9. The molecule has 0 unspecified atom stereocenters. The Bertz CT molecular complexity index is 1600. The predicted octanol–water partition coefficient (Wildman–Crippen LogP) is 5.06. The van der Waals surface area contributed by atoms with Crippen LogP contribution in [0.1, 0.15) is 28.1 Å². The number of nitrogens with zero attached hydrogens (tertiary/aromatic N) is 2. The first kappa shape index (κ1) is 26.8. The van der Waals surface area contributed by atoms with Gasteiger partial charge in [0.2, 0.25) is 7.28 Å². The Morgan fingerprint density at radius 1 is 0.585 bits per heavy atom. The van der Waals surface area contributed by atoms with Crippen LogP contribution < -0.4 is 21.3 Å². The molecule has 0 aliphatic rings. The second kappa shape index (κ2) is 12.0. The van der Waals surface area contributed by atoms with E-state index in [2.05, 4.69) is 164 Å². The quantitative estimate of drug-likeness (QED) is 0.183. The lowest BCUT2D eigenvalue weighted by atomic mass is 9.58. The van der Waals surface area contributed by atoms with E-state index in [0.29, 0.717) is 0 Å². The highest BCUT2D eigenvalue weighted by Crippen LogP contribution is 2.23. The molecule has 5 aromatic carbocycles. The van der Waals surface area contributed by atoms with Crippen molar-refractivity contribution in [1.29, 1.82) is 0 Å². The fourth-order valence-corrected chi connectivity index (χ4v) is 10.7. The van der Waals surface area contributed by atoms with Gasteiger partial charge in [0.1, 0.15) is 0 Å². The Hall–Kier alpha value is -4.41. The Morgan fingerprint density at radius 3 is 1.51 bits per heavy atom. The molecule has 0 bridgehead atoms. The molecule has 0 aliphatic heterocycles. The zero-order valence-corrected chi connectivity index (χ0v) is 24.8. The molecular weight excluding hydrogens is 511 g/mol. The molecule has 0 aliphatic carbocycles. The number of benzene rings is 5. The minimum atomic E-state index is -2.49. The smallest absolute Gasteiger partial charge is 0.217 e. The van der Waals surface area contributed by atoms with Crippen LogP contribution in [-0.4, -0.2) is 24.9 Å². The fourth-order valence-electron chi connectivity index (χ4n) is 6.08. The molecule has 6 rings (SSSR count). The largest absolute Gasteiger partial charge is 0.345 e. The van der Waals surface area contributed by atoms with Gasteiger partial charge in [0, 0.05) is 18.6 Å². The number of aromatic nitrogens is 2. The van der Waals surface area contributed by atoms with E-state index < -0.39 is 8.07 Å². The minimum Gasteiger partial charge on any atom is -0.345 e. The summed E-state index contributed by atoms with van der Waals surface area (Å²) in [6, 6.07) is 51.4. The molecule has 0 saturated carbocycles. The lowest BCUT2D eigenvalue weighted by molar-refractivity contribution is 0.889. The van der Waals surface area contributed by atoms with E-state index in [9.17, 15) is 0 Å². The van der Waals surface area contributed by atoms with E-state index in [1.165, 1.54) is 37.8 Å². The molecule has 41 heavy (non-hydrogen) atoms. The molecule has 0 spiro atoms. The highest BCUT2D eigenvalue weighted by Gasteiger charge is 2.40. The van der Waals surface area contributed by atoms with Gasteiger partial charge in [-0.15, -0.1) is 0 Å². The molecule has 200 valence electrons. The maximum Gasteiger partial charge on any atom is 0.217 e. The summed E-state index contributed by atoms with van der Waals surface area (Å²) in [5, 5.41) is 4.25. The molecule has 1 aromatic heterocycles. The first-order valence-electron chi connectivity index (χ1n) is 14.4. The van der Waals surface area contributed by atoms with Gasteiger partial charge in [-0.3, -0.25) is 4.98 Å². The summed E-state index contributed by atoms with van der Waals surface area (Å²) in [7, 11) is -1.66. The number of imidazole rings is 1. The SMILES string of the molecule is Cc1ccc([Si](Cn2ccnc2BC(c2ccccc2)c2ccccc2)(c2ccccc2)c2ccc(C)cc2)cc1. The van der Waals surface area contributed by atoms with Crippen LogP contribution in [0.25, 0.3) is 0 Å². The van der Waals surface area contributed by atoms with Crippen LogP contribution in [0.4, 0.5) is 0 Å². The van der Waals surface area contributed by atoms with Crippen LogP contribution >= 0.6 is 0 Å². The normalized spacial score (nSPS) is 11.5. The van der Waals surface area contributed by atoms with Gasteiger partial charge in [0.25, 0.3) is 0 Å². The Labute approximate surface area is 245 Å². The summed E-state index contributed by atoms with van der Waals surface area (Å²) >= 11 is 0. The van der Waals surface area contributed by atoms with Crippen molar-refractivity contribution in [1.82, 2.24) is 9.55 Å². The van der Waals surface area contributed by atoms with Crippen molar-refractivity contribution < 1.29 is 0 Å². The maximum absolute atomic E-state index is 4.99. The molecular formula is C37H35BN2Si. The van der Waals surface area contributed by atoms with Crippen molar-refractivity contribution in [2.75, 3.05) is 0 Å². The van der Waals surface area contributed by atoms with Gasteiger partial charge in [-0.25, -0.2) is 0 Å². The van der Waals surface area contributed by atoms with Crippen LogP contribution in [0.5, 0.6) is 0 Å². The van der Waals surface area contributed by atoms with Crippen LogP contribution in [0.15, 0.2) is 152 Å². The summed E-state index contributed by atoms with van der Waals surface area (Å²) in [4.78, 5) is 4.99. The van der Waals surface area contributed by atoms with Gasteiger partial charge in [0.05, 0.1) is 5.72 Å². The maximum atomic E-state index is 4.99. The number of aryl methyl sites for hydroxylation is 2. The average molecular weight is 547 g/mol. The molecule has 4 heteroatoms. The van der Waals surface area contributed by atoms with Crippen molar-refractivity contribution in [3.63, 3.8) is 0 Å². The van der Waals surface area contributed by atoms with Crippen molar-refractivity contribution in [2.24, 2.45) is 0 Å². The lowest BCUT2D eigenvalue weighted by Gasteiger charge is -2.35. The van der Waals surface area contributed by atoms with Crippen molar-refractivity contribution >= 4 is 36.6 Å². The van der Waals surface area contributed by atoms with Crippen LogP contribution in [0.2, 0.25) is 0 Å². The van der Waals surface area contributed by atoms with Gasteiger partial charge in [-0.05, 0) is 46.4 Å². The summed E-state index contributed by atoms with van der Waals surface area (Å²) in [5.74, 6) is 0.227. The van der Waals surface area contributed by atoms with E-state index in [1.54, 1.807) is 0 Å². The van der Waals surface area contributed by atoms with Gasteiger partial charge < -0.3 is 4.57 Å². The van der Waals surface area contributed by atoms with E-state index in [0.717, 1.165) is 19.2 Å². The summed E-state index contributed by atoms with van der Waals surface area (Å²) in [5.41, 5.74) is 6.32. The molecule has 0 amide bonds. The summed E-state index contributed by atoms with van der Waals surface area (Å²) < 4.78 is 2.44. The molecule has 0 N–H and O–H groups in total. The van der Waals surface area contributed by atoms with Gasteiger partial charge >= 0.3 is 0 Å². The average Bonchev–Trinajstić information content (AvgIpc) is 3.47. The molecule has 6 aromatic rings. The highest BCUT2D eigenvalue weighted by molar-refractivity contribution is 7.10. The molecule has 0 atom stereocenters. The molecule has 0 saturated heterocycles. The van der Waals surface area contributed by atoms with Crippen molar-refractivity contribution in [2.45, 2.75) is 25.8 Å². The van der Waals surface area contributed by atoms with Crippen LogP contribution in [0.3, 0.4) is 0 Å². The van der Waals surface area contributed by atoms with Crippen molar-refractivity contribution in [3.05, 3.63) is 174 Å². The first-order chi connectivity index (χ1) is 20.1. The lowest BCUT2D eigenvalue weighted by Crippen LogP contribution is -2.70. The second-order valence-electron chi connectivity index (χ2n) is 11.1. The van der Waals surface area contributed by atoms with Gasteiger partial charge in [-0.1, -0.05) is 151 Å². The standard InChI is InChI=1S/C37H35BN2Si/c1-29-18-22-34(23-19-29)41(33-16-10-5-11-17-33,35-24-20-30(2)21-25-35)28-40-27-26-39-37(40)38-36(31-12-6-3-7-13-31)32-14-8-4-9-15-32/h3-27,36,38H,28H2,1-2H3. The van der Waals surface area contributed by atoms with Crippen molar-refractivity contribution in [3.8, 4) is 0 Å². The molecule has 2 nitrogen and oxygen atoms in total. The topological polar surface area (TPSA) is 17.8 Å². The fraction of sp³-hybridized carbons (Fsp3) is 0.108. The Morgan fingerprint density at radius 2 is 1.02 bits per heavy atom. The zero-order valence-electron chi connectivity index (χ0n) is 23.8. The Balaban J connectivity index is 1.49. The zero-order chi connectivity index (χ0) is 28.1. The first-order valence-corrected chi connectivity index (χ1v) is 16.6. The minimum absolute atomic E-state index is 0.227.